The number of nitrogens with two attached hydrogens (primary N) is 1. The molecule has 0 aromatic rings. The van der Waals surface area contributed by atoms with Gasteiger partial charge in [0.25, 0.3) is 0 Å². The molecule has 2 N–H and O–H groups in total. The van der Waals surface area contributed by atoms with Crippen LogP contribution in [0.1, 0.15) is 40.0 Å². The van der Waals surface area contributed by atoms with Gasteiger partial charge in [-0.05, 0) is 40.0 Å². The fourth-order valence-corrected chi connectivity index (χ4v) is 1.85. The number of carbonyl (C=O) groups is 3. The van der Waals surface area contributed by atoms with Crippen LogP contribution in [-0.2, 0) is 28.7 Å². The van der Waals surface area contributed by atoms with Crippen molar-refractivity contribution >= 4 is 17.9 Å². The zero-order valence-electron chi connectivity index (χ0n) is 13.4. The van der Waals surface area contributed by atoms with Crippen molar-refractivity contribution in [2.24, 2.45) is 17.7 Å². The molecule has 0 rings (SSSR count). The second kappa shape index (κ2) is 9.34. The summed E-state index contributed by atoms with van der Waals surface area (Å²) in [6.07, 6.45) is 0.0381. The fourth-order valence-electron chi connectivity index (χ4n) is 1.85. The number of carbonyl (C=O) groups excluding carboxylic acids is 3. The van der Waals surface area contributed by atoms with Crippen LogP contribution in [0.2, 0.25) is 0 Å². The summed E-state index contributed by atoms with van der Waals surface area (Å²) in [5.41, 5.74) is -0.816. The first-order chi connectivity index (χ1) is 10.2. The molecule has 0 radical (unpaired) electrons. The van der Waals surface area contributed by atoms with Gasteiger partial charge in [-0.15, -0.1) is 0 Å². The number of halogens is 1. The lowest BCUT2D eigenvalue weighted by molar-refractivity contribution is -0.170. The van der Waals surface area contributed by atoms with E-state index < -0.39 is 42.0 Å². The van der Waals surface area contributed by atoms with Gasteiger partial charge in [0, 0.05) is 0 Å². The fraction of sp³-hybridized carbons (Fsp3) is 0.786. The number of hydrogen-bond donors (Lipinski definition) is 1. The molecule has 0 aliphatic rings. The Morgan fingerprint density at radius 3 is 2.14 bits per heavy atom. The summed E-state index contributed by atoms with van der Waals surface area (Å²) < 4.78 is 22.0. The Kier molecular flexibility index (Phi) is 8.62. The van der Waals surface area contributed by atoms with Gasteiger partial charge in [0.05, 0.1) is 19.7 Å². The van der Waals surface area contributed by atoms with Gasteiger partial charge in [0.2, 0.25) is 0 Å². The Bertz CT molecular complexity index is 393. The van der Waals surface area contributed by atoms with Crippen LogP contribution >= 0.6 is 0 Å². The Morgan fingerprint density at radius 1 is 1.14 bits per heavy atom. The molecule has 0 saturated heterocycles. The number of hydrogen-bond acceptors (Lipinski definition) is 7. The predicted molar refractivity (Wildman–Crippen MR) is 74.9 cm³/mol. The molecule has 0 aliphatic heterocycles. The average molecular weight is 321 g/mol. The molecule has 0 fully saturated rings. The Hall–Kier alpha value is -1.70. The van der Waals surface area contributed by atoms with Gasteiger partial charge in [-0.2, -0.15) is 5.90 Å². The van der Waals surface area contributed by atoms with Gasteiger partial charge in [0.1, 0.15) is 5.60 Å². The Morgan fingerprint density at radius 2 is 1.73 bits per heavy atom. The second-order valence-electron chi connectivity index (χ2n) is 5.81. The summed E-state index contributed by atoms with van der Waals surface area (Å²) in [5, 5.41) is 0. The van der Waals surface area contributed by atoms with Crippen LogP contribution < -0.4 is 5.90 Å². The highest BCUT2D eigenvalue weighted by Gasteiger charge is 2.36. The molecule has 0 amide bonds. The number of rotatable bonds is 8. The van der Waals surface area contributed by atoms with Gasteiger partial charge < -0.3 is 14.3 Å². The third kappa shape index (κ3) is 7.35. The largest absolute Gasteiger partial charge is 0.469 e. The Labute approximate surface area is 129 Å². The minimum atomic E-state index is -1.37. The third-order valence-corrected chi connectivity index (χ3v) is 2.83. The van der Waals surface area contributed by atoms with Crippen molar-refractivity contribution in [3.8, 4) is 0 Å². The molecule has 128 valence electrons. The van der Waals surface area contributed by atoms with E-state index in [0.717, 1.165) is 0 Å². The van der Waals surface area contributed by atoms with E-state index in [0.29, 0.717) is 0 Å². The van der Waals surface area contributed by atoms with Gasteiger partial charge in [-0.3, -0.25) is 14.0 Å². The third-order valence-electron chi connectivity index (χ3n) is 2.83. The molecule has 8 heteroatoms. The summed E-state index contributed by atoms with van der Waals surface area (Å²) in [7, 11) is 1.18. The van der Waals surface area contributed by atoms with Crippen LogP contribution in [0.4, 0.5) is 4.39 Å². The van der Waals surface area contributed by atoms with Crippen molar-refractivity contribution in [1.82, 2.24) is 0 Å². The number of methoxy groups -OCH3 is 1. The maximum Gasteiger partial charge on any atom is 0.338 e. The highest BCUT2D eigenvalue weighted by atomic mass is 19.1. The maximum absolute atomic E-state index is 12.3. The van der Waals surface area contributed by atoms with Crippen molar-refractivity contribution in [1.29, 1.82) is 0 Å². The summed E-state index contributed by atoms with van der Waals surface area (Å²) in [6, 6.07) is 0. The summed E-state index contributed by atoms with van der Waals surface area (Å²) >= 11 is 0. The van der Waals surface area contributed by atoms with Gasteiger partial charge >= 0.3 is 17.9 Å². The van der Waals surface area contributed by atoms with E-state index in [1.54, 1.807) is 20.8 Å². The zero-order valence-corrected chi connectivity index (χ0v) is 13.4. The van der Waals surface area contributed by atoms with Crippen LogP contribution in [0.15, 0.2) is 0 Å². The van der Waals surface area contributed by atoms with Crippen LogP contribution in [0, 0.1) is 11.8 Å². The maximum atomic E-state index is 12.3. The number of alkyl halides is 1. The molecule has 22 heavy (non-hydrogen) atoms. The SMILES string of the molecule is COC(=O)C(CCCF)CC(C(=O)ON)C(=O)OC(C)(C)C. The van der Waals surface area contributed by atoms with E-state index in [9.17, 15) is 18.8 Å². The van der Waals surface area contributed by atoms with Crippen molar-refractivity contribution in [3.05, 3.63) is 0 Å². The molecule has 0 heterocycles. The monoisotopic (exact) mass is 321 g/mol. The van der Waals surface area contributed by atoms with Crippen LogP contribution in [0.5, 0.6) is 0 Å². The smallest absolute Gasteiger partial charge is 0.338 e. The number of ether oxygens (including phenoxy) is 2. The minimum absolute atomic E-state index is 0.110. The highest BCUT2D eigenvalue weighted by molar-refractivity contribution is 5.95. The molecule has 0 aromatic carbocycles. The number of esters is 2. The summed E-state index contributed by atoms with van der Waals surface area (Å²) in [6.45, 7) is 4.29. The summed E-state index contributed by atoms with van der Waals surface area (Å²) in [4.78, 5) is 39.6. The van der Waals surface area contributed by atoms with E-state index >= 15 is 0 Å². The standard InChI is InChI=1S/C14H24FNO6/c1-14(2,3)21-12(18)10(13(19)22-16)8-9(6-5-7-15)11(17)20-4/h9-10H,5-8,16H2,1-4H3. The lowest BCUT2D eigenvalue weighted by Gasteiger charge is -2.24. The lowest BCUT2D eigenvalue weighted by atomic mass is 9.91. The highest BCUT2D eigenvalue weighted by Crippen LogP contribution is 2.23. The van der Waals surface area contributed by atoms with Gasteiger partial charge in [-0.25, -0.2) is 4.79 Å². The van der Waals surface area contributed by atoms with Gasteiger partial charge in [-0.1, -0.05) is 0 Å². The molecule has 0 spiro atoms. The molecular weight excluding hydrogens is 297 g/mol. The molecule has 0 saturated carbocycles. The lowest BCUT2D eigenvalue weighted by Crippen LogP contribution is -2.37. The van der Waals surface area contributed by atoms with Crippen molar-refractivity contribution < 1.29 is 33.1 Å². The van der Waals surface area contributed by atoms with E-state index in [2.05, 4.69) is 9.57 Å². The van der Waals surface area contributed by atoms with E-state index in [1.165, 1.54) is 7.11 Å². The van der Waals surface area contributed by atoms with Crippen molar-refractivity contribution in [2.45, 2.75) is 45.6 Å². The first-order valence-corrected chi connectivity index (χ1v) is 6.93. The van der Waals surface area contributed by atoms with Crippen molar-refractivity contribution in [2.75, 3.05) is 13.8 Å². The van der Waals surface area contributed by atoms with Crippen LogP contribution in [-0.4, -0.2) is 37.3 Å². The molecule has 0 aliphatic carbocycles. The second-order valence-corrected chi connectivity index (χ2v) is 5.81. The molecule has 0 aromatic heterocycles. The van der Waals surface area contributed by atoms with Crippen molar-refractivity contribution in [3.63, 3.8) is 0 Å². The van der Waals surface area contributed by atoms with E-state index in [4.69, 9.17) is 10.6 Å². The van der Waals surface area contributed by atoms with Gasteiger partial charge in [0.15, 0.2) is 5.92 Å². The van der Waals surface area contributed by atoms with Crippen LogP contribution in [0.3, 0.4) is 0 Å². The van der Waals surface area contributed by atoms with Crippen LogP contribution in [0.25, 0.3) is 0 Å². The zero-order chi connectivity index (χ0) is 17.3. The first-order valence-electron chi connectivity index (χ1n) is 6.93. The van der Waals surface area contributed by atoms with E-state index in [1.807, 2.05) is 0 Å². The average Bonchev–Trinajstić information content (AvgIpc) is 2.44. The normalized spacial score (nSPS) is 13.9. The minimum Gasteiger partial charge on any atom is -0.469 e. The first kappa shape index (κ1) is 20.3. The molecule has 7 nitrogen and oxygen atoms in total. The quantitative estimate of drug-likeness (QED) is 0.408. The predicted octanol–water partition coefficient (Wildman–Crippen LogP) is 1.29. The molecule has 2 unspecified atom stereocenters. The topological polar surface area (TPSA) is 105 Å². The summed E-state index contributed by atoms with van der Waals surface area (Å²) in [5.74, 6) is 0.143. The molecule has 2 atom stereocenters. The Balaban J connectivity index is 5.11. The van der Waals surface area contributed by atoms with E-state index in [-0.39, 0.29) is 19.3 Å². The molecule has 0 bridgehead atoms. The molecular formula is C14H24FNO6.